The summed E-state index contributed by atoms with van der Waals surface area (Å²) in [6.07, 6.45) is 1.58. The summed E-state index contributed by atoms with van der Waals surface area (Å²) < 4.78 is 5.30. The Bertz CT molecular complexity index is 876. The van der Waals surface area contributed by atoms with Crippen LogP contribution < -0.4 is 0 Å². The van der Waals surface area contributed by atoms with Crippen LogP contribution in [0.5, 0.6) is 0 Å². The number of aromatic nitrogens is 2. The van der Waals surface area contributed by atoms with E-state index < -0.39 is 0 Å². The van der Waals surface area contributed by atoms with E-state index in [9.17, 15) is 4.79 Å². The van der Waals surface area contributed by atoms with Crippen molar-refractivity contribution in [1.29, 1.82) is 0 Å². The van der Waals surface area contributed by atoms with Crippen molar-refractivity contribution in [2.45, 2.75) is 5.03 Å². The summed E-state index contributed by atoms with van der Waals surface area (Å²) >= 11 is 3.10. The first-order valence-electron chi connectivity index (χ1n) is 8.09. The van der Waals surface area contributed by atoms with Gasteiger partial charge in [-0.05, 0) is 5.56 Å². The molecule has 2 aromatic heterocycles. The fourth-order valence-electron chi connectivity index (χ4n) is 2.82. The third-order valence-corrected chi connectivity index (χ3v) is 5.98. The number of thiophene rings is 1. The summed E-state index contributed by atoms with van der Waals surface area (Å²) in [4.78, 5) is 24.1. The van der Waals surface area contributed by atoms with Gasteiger partial charge in [0.2, 0.25) is 5.91 Å². The van der Waals surface area contributed by atoms with Gasteiger partial charge in [-0.1, -0.05) is 42.1 Å². The Morgan fingerprint density at radius 1 is 1.20 bits per heavy atom. The van der Waals surface area contributed by atoms with Gasteiger partial charge in [-0.25, -0.2) is 9.97 Å². The van der Waals surface area contributed by atoms with Crippen molar-refractivity contribution in [3.63, 3.8) is 0 Å². The number of hydrogen-bond acceptors (Lipinski definition) is 6. The van der Waals surface area contributed by atoms with Crippen molar-refractivity contribution in [1.82, 2.24) is 14.9 Å². The first kappa shape index (κ1) is 16.5. The molecule has 0 aliphatic carbocycles. The molecule has 128 valence electrons. The molecular formula is C18H17N3O2S2. The molecule has 1 aromatic carbocycles. The van der Waals surface area contributed by atoms with E-state index in [1.165, 1.54) is 11.8 Å². The Labute approximate surface area is 154 Å². The summed E-state index contributed by atoms with van der Waals surface area (Å²) in [6, 6.07) is 10.2. The third kappa shape index (κ3) is 3.53. The molecule has 3 aromatic rings. The van der Waals surface area contributed by atoms with Crippen LogP contribution in [0, 0.1) is 0 Å². The van der Waals surface area contributed by atoms with Gasteiger partial charge in [0, 0.05) is 24.0 Å². The standard InChI is InChI=1S/C18H17N3O2S2/c22-15(21-6-8-23-9-7-21)11-25-18-16-14(13-4-2-1-3-5-13)10-24-17(16)19-12-20-18/h1-5,10,12H,6-9,11H2. The molecule has 1 saturated heterocycles. The molecule has 0 saturated carbocycles. The van der Waals surface area contributed by atoms with Gasteiger partial charge in [0.05, 0.1) is 24.4 Å². The first-order valence-corrected chi connectivity index (χ1v) is 9.95. The van der Waals surface area contributed by atoms with Crippen LogP contribution in [0.15, 0.2) is 47.1 Å². The largest absolute Gasteiger partial charge is 0.378 e. The number of thioether (sulfide) groups is 1. The van der Waals surface area contributed by atoms with Crippen LogP contribution in [0.3, 0.4) is 0 Å². The topological polar surface area (TPSA) is 55.3 Å². The molecule has 1 aliphatic rings. The van der Waals surface area contributed by atoms with E-state index in [2.05, 4.69) is 27.5 Å². The number of nitrogens with zero attached hydrogens (tertiary/aromatic N) is 3. The molecule has 0 unspecified atom stereocenters. The normalized spacial score (nSPS) is 14.8. The Balaban J connectivity index is 1.59. The van der Waals surface area contributed by atoms with E-state index in [-0.39, 0.29) is 5.91 Å². The molecule has 3 heterocycles. The molecule has 0 N–H and O–H groups in total. The summed E-state index contributed by atoms with van der Waals surface area (Å²) in [5, 5.41) is 4.02. The fraction of sp³-hybridized carbons (Fsp3) is 0.278. The van der Waals surface area contributed by atoms with E-state index in [4.69, 9.17) is 4.74 Å². The zero-order valence-electron chi connectivity index (χ0n) is 13.6. The van der Waals surface area contributed by atoms with Gasteiger partial charge in [-0.15, -0.1) is 11.3 Å². The molecule has 0 radical (unpaired) electrons. The van der Waals surface area contributed by atoms with E-state index in [0.717, 1.165) is 26.4 Å². The minimum absolute atomic E-state index is 0.136. The number of hydrogen-bond donors (Lipinski definition) is 0. The number of carbonyl (C=O) groups is 1. The van der Waals surface area contributed by atoms with Gasteiger partial charge in [0.25, 0.3) is 0 Å². The number of amides is 1. The molecule has 0 bridgehead atoms. The van der Waals surface area contributed by atoms with Crippen molar-refractivity contribution in [2.24, 2.45) is 0 Å². The highest BCUT2D eigenvalue weighted by atomic mass is 32.2. The van der Waals surface area contributed by atoms with Crippen molar-refractivity contribution >= 4 is 39.2 Å². The lowest BCUT2D eigenvalue weighted by Crippen LogP contribution is -2.41. The number of rotatable bonds is 4. The predicted molar refractivity (Wildman–Crippen MR) is 101 cm³/mol. The first-order chi connectivity index (χ1) is 12.3. The Morgan fingerprint density at radius 3 is 2.80 bits per heavy atom. The quantitative estimate of drug-likeness (QED) is 0.520. The zero-order chi connectivity index (χ0) is 17.1. The summed E-state index contributed by atoms with van der Waals surface area (Å²) in [5.41, 5.74) is 2.27. The molecule has 0 atom stereocenters. The molecule has 1 amide bonds. The van der Waals surface area contributed by atoms with E-state index in [1.54, 1.807) is 17.7 Å². The summed E-state index contributed by atoms with van der Waals surface area (Å²) in [7, 11) is 0. The second-order valence-electron chi connectivity index (χ2n) is 5.66. The molecule has 7 heteroatoms. The molecule has 5 nitrogen and oxygen atoms in total. The van der Waals surface area contributed by atoms with E-state index in [0.29, 0.717) is 32.1 Å². The van der Waals surface area contributed by atoms with Gasteiger partial charge in [0.15, 0.2) is 0 Å². The lowest BCUT2D eigenvalue weighted by molar-refractivity contribution is -0.132. The fourth-order valence-corrected chi connectivity index (χ4v) is 4.72. The number of benzene rings is 1. The van der Waals surface area contributed by atoms with Gasteiger partial charge in [-0.3, -0.25) is 4.79 Å². The number of ether oxygens (including phenoxy) is 1. The minimum atomic E-state index is 0.136. The Morgan fingerprint density at radius 2 is 2.00 bits per heavy atom. The highest BCUT2D eigenvalue weighted by Crippen LogP contribution is 2.37. The van der Waals surface area contributed by atoms with Crippen LogP contribution in [0.25, 0.3) is 21.3 Å². The van der Waals surface area contributed by atoms with Crippen LogP contribution >= 0.6 is 23.1 Å². The van der Waals surface area contributed by atoms with Crippen molar-refractivity contribution in [3.8, 4) is 11.1 Å². The van der Waals surface area contributed by atoms with Gasteiger partial charge >= 0.3 is 0 Å². The Kier molecular flexibility index (Phi) is 4.96. The SMILES string of the molecule is O=C(CSc1ncnc2scc(-c3ccccc3)c12)N1CCOCC1. The molecular weight excluding hydrogens is 354 g/mol. The van der Waals surface area contributed by atoms with Crippen molar-refractivity contribution < 1.29 is 9.53 Å². The average Bonchev–Trinajstić information content (AvgIpc) is 3.12. The highest BCUT2D eigenvalue weighted by molar-refractivity contribution is 8.00. The number of morpholine rings is 1. The lowest BCUT2D eigenvalue weighted by Gasteiger charge is -2.26. The second-order valence-corrected chi connectivity index (χ2v) is 7.48. The second kappa shape index (κ2) is 7.51. The number of carbonyl (C=O) groups excluding carboxylic acids is 1. The lowest BCUT2D eigenvalue weighted by atomic mass is 10.1. The van der Waals surface area contributed by atoms with Crippen LogP contribution in [0.4, 0.5) is 0 Å². The zero-order valence-corrected chi connectivity index (χ0v) is 15.2. The molecule has 1 aliphatic heterocycles. The monoisotopic (exact) mass is 371 g/mol. The molecule has 1 fully saturated rings. The van der Waals surface area contributed by atoms with Crippen LogP contribution in [-0.2, 0) is 9.53 Å². The van der Waals surface area contributed by atoms with Crippen LogP contribution in [-0.4, -0.2) is 52.8 Å². The van der Waals surface area contributed by atoms with Gasteiger partial charge < -0.3 is 9.64 Å². The predicted octanol–water partition coefficient (Wildman–Crippen LogP) is 3.31. The van der Waals surface area contributed by atoms with Crippen LogP contribution in [0.2, 0.25) is 0 Å². The van der Waals surface area contributed by atoms with Crippen LogP contribution in [0.1, 0.15) is 0 Å². The Hall–Kier alpha value is -1.96. The van der Waals surface area contributed by atoms with Gasteiger partial charge in [-0.2, -0.15) is 0 Å². The maximum absolute atomic E-state index is 12.4. The smallest absolute Gasteiger partial charge is 0.233 e. The summed E-state index contributed by atoms with van der Waals surface area (Å²) in [6.45, 7) is 2.59. The summed E-state index contributed by atoms with van der Waals surface area (Å²) in [5.74, 6) is 0.521. The molecule has 0 spiro atoms. The maximum Gasteiger partial charge on any atom is 0.233 e. The average molecular weight is 371 g/mol. The highest BCUT2D eigenvalue weighted by Gasteiger charge is 2.19. The molecule has 25 heavy (non-hydrogen) atoms. The van der Waals surface area contributed by atoms with E-state index >= 15 is 0 Å². The van der Waals surface area contributed by atoms with Gasteiger partial charge in [0.1, 0.15) is 16.2 Å². The van der Waals surface area contributed by atoms with Crippen molar-refractivity contribution in [3.05, 3.63) is 42.0 Å². The van der Waals surface area contributed by atoms with Crippen molar-refractivity contribution in [2.75, 3.05) is 32.1 Å². The van der Waals surface area contributed by atoms with E-state index in [1.807, 2.05) is 23.1 Å². The maximum atomic E-state index is 12.4. The molecule has 4 rings (SSSR count). The minimum Gasteiger partial charge on any atom is -0.378 e. The number of fused-ring (bicyclic) bond motifs is 1. The third-order valence-electron chi connectivity index (χ3n) is 4.12.